The van der Waals surface area contributed by atoms with Crippen molar-refractivity contribution in [1.29, 1.82) is 0 Å². The van der Waals surface area contributed by atoms with Gasteiger partial charge in [0.25, 0.3) is 0 Å². The van der Waals surface area contributed by atoms with Gasteiger partial charge in [0.2, 0.25) is 21.8 Å². The Hall–Kier alpha value is -1.48. The van der Waals surface area contributed by atoms with Gasteiger partial charge in [0, 0.05) is 25.0 Å². The summed E-state index contributed by atoms with van der Waals surface area (Å²) in [6.45, 7) is 4.60. The van der Waals surface area contributed by atoms with Gasteiger partial charge in [-0.25, -0.2) is 13.1 Å². The average Bonchev–Trinajstić information content (AvgIpc) is 3.34. The Morgan fingerprint density at radius 3 is 2.71 bits per heavy atom. The fourth-order valence-corrected chi connectivity index (χ4v) is 6.26. The van der Waals surface area contributed by atoms with Crippen LogP contribution in [0.2, 0.25) is 0 Å². The molecular formula is C19H30N4O4S. The fraction of sp³-hybridized carbons (Fsp3) is 0.842. The molecule has 2 heterocycles. The Balaban J connectivity index is 1.56. The number of amides is 1. The highest BCUT2D eigenvalue weighted by atomic mass is 32.2. The van der Waals surface area contributed by atoms with Crippen molar-refractivity contribution >= 4 is 15.9 Å². The maximum absolute atomic E-state index is 13.1. The number of nitrogens with zero attached hydrogens (tertiary/aromatic N) is 3. The number of fused-ring (bicyclic) bond motifs is 1. The Labute approximate surface area is 166 Å². The van der Waals surface area contributed by atoms with Crippen LogP contribution in [0.3, 0.4) is 0 Å². The van der Waals surface area contributed by atoms with E-state index in [9.17, 15) is 13.2 Å². The van der Waals surface area contributed by atoms with Gasteiger partial charge in [0.15, 0.2) is 5.82 Å². The zero-order valence-electron chi connectivity index (χ0n) is 16.7. The number of hydrogen-bond donors (Lipinski definition) is 1. The molecule has 1 aliphatic heterocycles. The molecule has 2 saturated carbocycles. The summed E-state index contributed by atoms with van der Waals surface area (Å²) >= 11 is 0. The number of aryl methyl sites for hydroxylation is 1. The quantitative estimate of drug-likeness (QED) is 0.793. The van der Waals surface area contributed by atoms with Gasteiger partial charge in [0.05, 0.1) is 11.2 Å². The van der Waals surface area contributed by atoms with Crippen LogP contribution in [0.4, 0.5) is 0 Å². The highest BCUT2D eigenvalue weighted by molar-refractivity contribution is 7.89. The first-order valence-electron chi connectivity index (χ1n) is 10.4. The molecule has 2 aliphatic carbocycles. The van der Waals surface area contributed by atoms with E-state index in [1.165, 1.54) is 6.42 Å². The number of hydrogen-bond acceptors (Lipinski definition) is 6. The van der Waals surface area contributed by atoms with E-state index in [1.807, 2.05) is 4.90 Å². The molecule has 156 valence electrons. The molecule has 0 spiro atoms. The molecule has 1 aromatic heterocycles. The van der Waals surface area contributed by atoms with E-state index in [0.717, 1.165) is 25.7 Å². The number of nitrogens with one attached hydrogen (secondary N) is 1. The van der Waals surface area contributed by atoms with Crippen molar-refractivity contribution in [2.24, 2.45) is 11.8 Å². The molecule has 0 unspecified atom stereocenters. The lowest BCUT2D eigenvalue weighted by Gasteiger charge is -2.29. The molecule has 1 N–H and O–H groups in total. The molecule has 3 atom stereocenters. The second kappa shape index (κ2) is 7.40. The average molecular weight is 411 g/mol. The van der Waals surface area contributed by atoms with Crippen molar-refractivity contribution in [3.8, 4) is 0 Å². The predicted molar refractivity (Wildman–Crippen MR) is 103 cm³/mol. The number of carbonyl (C=O) groups excluding carboxylic acids is 1. The van der Waals surface area contributed by atoms with Crippen LogP contribution in [0.15, 0.2) is 4.52 Å². The molecule has 28 heavy (non-hydrogen) atoms. The zero-order chi connectivity index (χ0) is 19.9. The molecule has 9 heteroatoms. The van der Waals surface area contributed by atoms with Gasteiger partial charge in [-0.15, -0.1) is 0 Å². The minimum absolute atomic E-state index is 0.0626. The molecule has 3 aliphatic rings. The van der Waals surface area contributed by atoms with Crippen molar-refractivity contribution in [2.45, 2.75) is 70.3 Å². The first-order valence-corrected chi connectivity index (χ1v) is 12.1. The largest absolute Gasteiger partial charge is 0.341 e. The van der Waals surface area contributed by atoms with Crippen LogP contribution < -0.4 is 4.72 Å². The SMILES string of the molecule is CCS(=O)(=O)N[C@@H]1C[C@H]2CN(C(=O)C3CCCCC3)C[C@@]2(c2nc(C)no2)C1. The summed E-state index contributed by atoms with van der Waals surface area (Å²) in [5, 5.41) is 3.96. The summed E-state index contributed by atoms with van der Waals surface area (Å²) < 4.78 is 32.5. The molecule has 0 radical (unpaired) electrons. The Morgan fingerprint density at radius 2 is 2.07 bits per heavy atom. The van der Waals surface area contributed by atoms with Crippen LogP contribution >= 0.6 is 0 Å². The number of aromatic nitrogens is 2. The van der Waals surface area contributed by atoms with E-state index >= 15 is 0 Å². The Morgan fingerprint density at radius 1 is 1.32 bits per heavy atom. The maximum atomic E-state index is 13.1. The second-order valence-electron chi connectivity index (χ2n) is 8.71. The summed E-state index contributed by atoms with van der Waals surface area (Å²) in [5.41, 5.74) is -0.452. The highest BCUT2D eigenvalue weighted by Gasteiger charge is 2.58. The van der Waals surface area contributed by atoms with E-state index in [0.29, 0.717) is 37.6 Å². The summed E-state index contributed by atoms with van der Waals surface area (Å²) in [7, 11) is -3.28. The second-order valence-corrected chi connectivity index (χ2v) is 10.8. The van der Waals surface area contributed by atoms with Gasteiger partial charge in [0.1, 0.15) is 0 Å². The first kappa shape index (κ1) is 19.8. The minimum Gasteiger partial charge on any atom is -0.341 e. The van der Waals surface area contributed by atoms with Crippen molar-refractivity contribution in [1.82, 2.24) is 19.8 Å². The van der Waals surface area contributed by atoms with Crippen LogP contribution in [0.1, 0.15) is 63.6 Å². The molecule has 4 rings (SSSR count). The molecule has 1 saturated heterocycles. The van der Waals surface area contributed by atoms with Crippen molar-refractivity contribution in [3.05, 3.63) is 11.7 Å². The normalized spacial score (nSPS) is 31.3. The summed E-state index contributed by atoms with van der Waals surface area (Å²) in [6, 6.07) is -0.158. The monoisotopic (exact) mass is 410 g/mol. The third kappa shape index (κ3) is 3.58. The van der Waals surface area contributed by atoms with Crippen molar-refractivity contribution < 1.29 is 17.7 Å². The van der Waals surface area contributed by atoms with Gasteiger partial charge in [-0.3, -0.25) is 4.79 Å². The molecule has 3 fully saturated rings. The van der Waals surface area contributed by atoms with Crippen LogP contribution in [-0.4, -0.2) is 54.2 Å². The van der Waals surface area contributed by atoms with Gasteiger partial charge in [-0.05, 0) is 45.4 Å². The molecule has 8 nitrogen and oxygen atoms in total. The van der Waals surface area contributed by atoms with Crippen LogP contribution in [-0.2, 0) is 20.2 Å². The van der Waals surface area contributed by atoms with Crippen LogP contribution in [0, 0.1) is 18.8 Å². The van der Waals surface area contributed by atoms with Crippen molar-refractivity contribution in [3.63, 3.8) is 0 Å². The predicted octanol–water partition coefficient (Wildman–Crippen LogP) is 1.76. The lowest BCUT2D eigenvalue weighted by molar-refractivity contribution is -0.135. The van der Waals surface area contributed by atoms with Crippen LogP contribution in [0.25, 0.3) is 0 Å². The molecule has 0 aromatic carbocycles. The van der Waals surface area contributed by atoms with E-state index in [2.05, 4.69) is 14.9 Å². The summed E-state index contributed by atoms with van der Waals surface area (Å²) in [5.74, 6) is 1.68. The highest BCUT2D eigenvalue weighted by Crippen LogP contribution is 2.50. The van der Waals surface area contributed by atoms with E-state index in [1.54, 1.807) is 13.8 Å². The van der Waals surface area contributed by atoms with Crippen molar-refractivity contribution in [2.75, 3.05) is 18.8 Å². The molecule has 1 amide bonds. The molecule has 1 aromatic rings. The van der Waals surface area contributed by atoms with E-state index < -0.39 is 15.4 Å². The minimum atomic E-state index is -3.28. The standard InChI is InChI=1S/C19H30N4O4S/c1-3-28(25,26)22-16-9-15-11-23(17(24)14-7-5-4-6-8-14)12-19(15,10-16)18-20-13(2)21-27-18/h14-16,22H,3-12H2,1-2H3/t15-,16+,19-/m0/s1. The fourth-order valence-electron chi connectivity index (χ4n) is 5.40. The van der Waals surface area contributed by atoms with Crippen LogP contribution in [0.5, 0.6) is 0 Å². The third-order valence-corrected chi connectivity index (χ3v) is 8.27. The topological polar surface area (TPSA) is 105 Å². The molecular weight excluding hydrogens is 380 g/mol. The third-order valence-electron chi connectivity index (χ3n) is 6.82. The van der Waals surface area contributed by atoms with Gasteiger partial charge >= 0.3 is 0 Å². The van der Waals surface area contributed by atoms with Gasteiger partial charge in [-0.1, -0.05) is 24.4 Å². The smallest absolute Gasteiger partial charge is 0.235 e. The van der Waals surface area contributed by atoms with Gasteiger partial charge in [-0.2, -0.15) is 4.98 Å². The summed E-state index contributed by atoms with van der Waals surface area (Å²) in [4.78, 5) is 19.6. The summed E-state index contributed by atoms with van der Waals surface area (Å²) in [6.07, 6.45) is 6.71. The zero-order valence-corrected chi connectivity index (χ0v) is 17.5. The lowest BCUT2D eigenvalue weighted by atomic mass is 9.80. The molecule has 0 bridgehead atoms. The Kier molecular flexibility index (Phi) is 5.24. The van der Waals surface area contributed by atoms with Gasteiger partial charge < -0.3 is 9.42 Å². The number of rotatable bonds is 5. The Bertz CT molecular complexity index is 833. The van der Waals surface area contributed by atoms with E-state index in [-0.39, 0.29) is 29.5 Å². The maximum Gasteiger partial charge on any atom is 0.235 e. The first-order chi connectivity index (χ1) is 13.3. The number of sulfonamides is 1. The number of likely N-dealkylation sites (tertiary alicyclic amines) is 1. The number of carbonyl (C=O) groups is 1. The lowest BCUT2D eigenvalue weighted by Crippen LogP contribution is -2.41. The van der Waals surface area contributed by atoms with E-state index in [4.69, 9.17) is 4.52 Å².